The Balaban J connectivity index is 2.13. The highest BCUT2D eigenvalue weighted by atomic mass is 19.1. The molecule has 0 aliphatic heterocycles. The molecule has 0 radical (unpaired) electrons. The van der Waals surface area contributed by atoms with Crippen molar-refractivity contribution in [1.82, 2.24) is 0 Å². The number of aryl methyl sites for hydroxylation is 1. The fourth-order valence-electron chi connectivity index (χ4n) is 1.96. The zero-order chi connectivity index (χ0) is 15.4. The largest absolute Gasteiger partial charge is 0.496 e. The Labute approximate surface area is 121 Å². The van der Waals surface area contributed by atoms with E-state index < -0.39 is 17.7 Å². The number of ether oxygens (including phenoxy) is 2. The molecule has 0 heterocycles. The summed E-state index contributed by atoms with van der Waals surface area (Å²) in [6.45, 7) is 1.67. The van der Waals surface area contributed by atoms with E-state index in [1.807, 2.05) is 13.0 Å². The van der Waals surface area contributed by atoms with Crippen molar-refractivity contribution in [1.29, 1.82) is 0 Å². The molecule has 0 bridgehead atoms. The molecular formula is C16H16F2O3. The van der Waals surface area contributed by atoms with Crippen LogP contribution in [-0.4, -0.2) is 18.8 Å². The lowest BCUT2D eigenvalue weighted by atomic mass is 10.1. The van der Waals surface area contributed by atoms with E-state index in [0.29, 0.717) is 11.3 Å². The van der Waals surface area contributed by atoms with Crippen LogP contribution in [0.4, 0.5) is 8.78 Å². The van der Waals surface area contributed by atoms with Crippen LogP contribution < -0.4 is 9.47 Å². The summed E-state index contributed by atoms with van der Waals surface area (Å²) in [5, 5.41) is 10.2. The third kappa shape index (κ3) is 3.70. The fraction of sp³-hybridized carbons (Fsp3) is 0.250. The highest BCUT2D eigenvalue weighted by molar-refractivity contribution is 5.38. The number of hydrogen-bond acceptors (Lipinski definition) is 3. The van der Waals surface area contributed by atoms with Crippen LogP contribution in [-0.2, 0) is 0 Å². The smallest absolute Gasteiger partial charge is 0.165 e. The first-order valence-corrected chi connectivity index (χ1v) is 6.41. The van der Waals surface area contributed by atoms with Gasteiger partial charge in [-0.05, 0) is 31.2 Å². The first-order valence-electron chi connectivity index (χ1n) is 6.41. The molecule has 0 aliphatic rings. The summed E-state index contributed by atoms with van der Waals surface area (Å²) in [6.07, 6.45) is -1.01. The number of aliphatic hydroxyl groups is 1. The van der Waals surface area contributed by atoms with Gasteiger partial charge in [0.15, 0.2) is 11.6 Å². The lowest BCUT2D eigenvalue weighted by Crippen LogP contribution is -2.12. The number of rotatable bonds is 5. The maximum Gasteiger partial charge on any atom is 0.165 e. The van der Waals surface area contributed by atoms with Gasteiger partial charge in [0.2, 0.25) is 0 Å². The monoisotopic (exact) mass is 294 g/mol. The molecule has 2 aromatic rings. The second-order valence-electron chi connectivity index (χ2n) is 4.65. The molecule has 0 saturated heterocycles. The van der Waals surface area contributed by atoms with Crippen molar-refractivity contribution in [3.8, 4) is 11.5 Å². The summed E-state index contributed by atoms with van der Waals surface area (Å²) in [5.41, 5.74) is 1.48. The van der Waals surface area contributed by atoms with Crippen molar-refractivity contribution in [3.63, 3.8) is 0 Å². The van der Waals surface area contributed by atoms with Gasteiger partial charge in [-0.25, -0.2) is 8.78 Å². The van der Waals surface area contributed by atoms with Gasteiger partial charge in [-0.2, -0.15) is 0 Å². The van der Waals surface area contributed by atoms with Gasteiger partial charge in [-0.3, -0.25) is 0 Å². The van der Waals surface area contributed by atoms with Gasteiger partial charge >= 0.3 is 0 Å². The topological polar surface area (TPSA) is 38.7 Å². The van der Waals surface area contributed by atoms with Crippen molar-refractivity contribution in [3.05, 3.63) is 59.2 Å². The molecule has 2 rings (SSSR count). The fourth-order valence-corrected chi connectivity index (χ4v) is 1.96. The zero-order valence-electron chi connectivity index (χ0n) is 11.8. The van der Waals surface area contributed by atoms with Gasteiger partial charge in [0.25, 0.3) is 0 Å². The Hall–Kier alpha value is -2.14. The van der Waals surface area contributed by atoms with Gasteiger partial charge < -0.3 is 14.6 Å². The van der Waals surface area contributed by atoms with E-state index in [1.54, 1.807) is 12.1 Å². The van der Waals surface area contributed by atoms with Crippen LogP contribution >= 0.6 is 0 Å². The van der Waals surface area contributed by atoms with E-state index in [4.69, 9.17) is 9.47 Å². The minimum Gasteiger partial charge on any atom is -0.496 e. The molecule has 21 heavy (non-hydrogen) atoms. The predicted octanol–water partition coefficient (Wildman–Crippen LogP) is 3.39. The summed E-state index contributed by atoms with van der Waals surface area (Å²) in [5.74, 6) is -1.01. The molecule has 1 atom stereocenters. The summed E-state index contributed by atoms with van der Waals surface area (Å²) < 4.78 is 36.8. The predicted molar refractivity (Wildman–Crippen MR) is 74.5 cm³/mol. The number of halogens is 2. The molecule has 0 saturated carbocycles. The van der Waals surface area contributed by atoms with Crippen LogP contribution in [0.25, 0.3) is 0 Å². The average Bonchev–Trinajstić information content (AvgIpc) is 2.47. The summed E-state index contributed by atoms with van der Waals surface area (Å²) >= 11 is 0. The first kappa shape index (κ1) is 15.3. The number of methoxy groups -OCH3 is 1. The Kier molecular flexibility index (Phi) is 4.75. The molecule has 5 heteroatoms. The summed E-state index contributed by atoms with van der Waals surface area (Å²) in [4.78, 5) is 0. The van der Waals surface area contributed by atoms with Gasteiger partial charge in [-0.15, -0.1) is 0 Å². The molecular weight excluding hydrogens is 278 g/mol. The van der Waals surface area contributed by atoms with Crippen LogP contribution in [0, 0.1) is 18.6 Å². The van der Waals surface area contributed by atoms with E-state index in [2.05, 4.69) is 0 Å². The minimum atomic E-state index is -1.01. The third-order valence-corrected chi connectivity index (χ3v) is 3.03. The maximum absolute atomic E-state index is 13.4. The number of benzene rings is 2. The van der Waals surface area contributed by atoms with E-state index in [1.165, 1.54) is 7.11 Å². The quantitative estimate of drug-likeness (QED) is 0.918. The molecule has 0 spiro atoms. The Morgan fingerprint density at radius 3 is 2.57 bits per heavy atom. The lowest BCUT2D eigenvalue weighted by molar-refractivity contribution is 0.103. The SMILES string of the molecule is COc1ccc(C)cc1C(O)COc1cc(F)ccc1F. The normalized spacial score (nSPS) is 12.0. The molecule has 0 fully saturated rings. The van der Waals surface area contributed by atoms with Crippen molar-refractivity contribution >= 4 is 0 Å². The van der Waals surface area contributed by atoms with Crippen molar-refractivity contribution in [2.75, 3.05) is 13.7 Å². The summed E-state index contributed by atoms with van der Waals surface area (Å²) in [6, 6.07) is 8.26. The van der Waals surface area contributed by atoms with Crippen LogP contribution in [0.15, 0.2) is 36.4 Å². The van der Waals surface area contributed by atoms with E-state index >= 15 is 0 Å². The van der Waals surface area contributed by atoms with Gasteiger partial charge in [-0.1, -0.05) is 11.6 Å². The van der Waals surface area contributed by atoms with Crippen LogP contribution in [0.1, 0.15) is 17.2 Å². The third-order valence-electron chi connectivity index (χ3n) is 3.03. The average molecular weight is 294 g/mol. The van der Waals surface area contributed by atoms with Crippen LogP contribution in [0.3, 0.4) is 0 Å². The Morgan fingerprint density at radius 2 is 1.86 bits per heavy atom. The number of hydrogen-bond donors (Lipinski definition) is 1. The van der Waals surface area contributed by atoms with E-state index in [0.717, 1.165) is 23.8 Å². The van der Waals surface area contributed by atoms with E-state index in [-0.39, 0.29) is 12.4 Å². The highest BCUT2D eigenvalue weighted by Crippen LogP contribution is 2.27. The summed E-state index contributed by atoms with van der Waals surface area (Å²) in [7, 11) is 1.49. The van der Waals surface area contributed by atoms with Crippen LogP contribution in [0.2, 0.25) is 0 Å². The Bertz CT molecular complexity index is 629. The Morgan fingerprint density at radius 1 is 1.10 bits per heavy atom. The zero-order valence-corrected chi connectivity index (χ0v) is 11.8. The molecule has 2 aromatic carbocycles. The molecule has 1 N–H and O–H groups in total. The van der Waals surface area contributed by atoms with Gasteiger partial charge in [0.1, 0.15) is 24.3 Å². The van der Waals surface area contributed by atoms with Gasteiger partial charge in [0, 0.05) is 11.6 Å². The second kappa shape index (κ2) is 6.54. The van der Waals surface area contributed by atoms with Crippen molar-refractivity contribution in [2.45, 2.75) is 13.0 Å². The van der Waals surface area contributed by atoms with Crippen LogP contribution in [0.5, 0.6) is 11.5 Å². The standard InChI is InChI=1S/C16H16F2O3/c1-10-3-6-15(20-2)12(7-10)14(19)9-21-16-8-11(17)4-5-13(16)18/h3-8,14,19H,9H2,1-2H3. The first-order chi connectivity index (χ1) is 10.0. The van der Waals surface area contributed by atoms with Crippen molar-refractivity contribution in [2.24, 2.45) is 0 Å². The number of aliphatic hydroxyl groups excluding tert-OH is 1. The highest BCUT2D eigenvalue weighted by Gasteiger charge is 2.15. The lowest BCUT2D eigenvalue weighted by Gasteiger charge is -2.16. The maximum atomic E-state index is 13.4. The molecule has 0 aliphatic carbocycles. The molecule has 0 amide bonds. The molecule has 3 nitrogen and oxygen atoms in total. The van der Waals surface area contributed by atoms with Gasteiger partial charge in [0.05, 0.1) is 7.11 Å². The molecule has 1 unspecified atom stereocenters. The second-order valence-corrected chi connectivity index (χ2v) is 4.65. The minimum absolute atomic E-state index is 0.208. The molecule has 112 valence electrons. The van der Waals surface area contributed by atoms with E-state index in [9.17, 15) is 13.9 Å². The molecule has 0 aromatic heterocycles. The van der Waals surface area contributed by atoms with Crippen molar-refractivity contribution < 1.29 is 23.4 Å².